The van der Waals surface area contributed by atoms with Gasteiger partial charge in [0.15, 0.2) is 11.5 Å². The average molecular weight is 206 g/mol. The van der Waals surface area contributed by atoms with Crippen molar-refractivity contribution in [3.05, 3.63) is 18.2 Å². The Balaban J connectivity index is 1.77. The third-order valence-corrected chi connectivity index (χ3v) is 2.36. The third-order valence-electron chi connectivity index (χ3n) is 2.36. The Labute approximate surface area is 86.6 Å². The van der Waals surface area contributed by atoms with Crippen molar-refractivity contribution in [1.29, 1.82) is 0 Å². The summed E-state index contributed by atoms with van der Waals surface area (Å²) in [5, 5.41) is 2.78. The van der Waals surface area contributed by atoms with E-state index >= 15 is 0 Å². The van der Waals surface area contributed by atoms with Crippen LogP contribution in [0.15, 0.2) is 18.2 Å². The molecule has 5 nitrogen and oxygen atoms in total. The van der Waals surface area contributed by atoms with Crippen LogP contribution in [0.4, 0.5) is 10.5 Å². The van der Waals surface area contributed by atoms with Gasteiger partial charge < -0.3 is 19.7 Å². The monoisotopic (exact) mass is 206 g/mol. The van der Waals surface area contributed by atoms with E-state index in [9.17, 15) is 4.79 Å². The highest BCUT2D eigenvalue weighted by molar-refractivity contribution is 5.91. The zero-order chi connectivity index (χ0) is 10.3. The summed E-state index contributed by atoms with van der Waals surface area (Å²) in [6, 6.07) is 5.30. The Morgan fingerprint density at radius 2 is 2.07 bits per heavy atom. The normalized spacial score (nSPS) is 16.4. The van der Waals surface area contributed by atoms with Crippen LogP contribution >= 0.6 is 0 Å². The zero-order valence-electron chi connectivity index (χ0n) is 8.03. The Morgan fingerprint density at radius 1 is 1.27 bits per heavy atom. The fourth-order valence-corrected chi connectivity index (χ4v) is 1.43. The lowest BCUT2D eigenvalue weighted by Crippen LogP contribution is -2.18. The van der Waals surface area contributed by atoms with Gasteiger partial charge in [-0.15, -0.1) is 0 Å². The van der Waals surface area contributed by atoms with Crippen LogP contribution in [-0.4, -0.2) is 30.8 Å². The number of carbonyl (C=O) groups is 1. The van der Waals surface area contributed by atoms with Crippen LogP contribution in [-0.2, 0) is 0 Å². The molecule has 2 heterocycles. The average Bonchev–Trinajstić information content (AvgIpc) is 2.98. The van der Waals surface area contributed by atoms with Crippen LogP contribution in [0.5, 0.6) is 11.5 Å². The molecule has 1 aromatic rings. The van der Waals surface area contributed by atoms with Crippen molar-refractivity contribution in [2.75, 3.05) is 25.2 Å². The first-order valence-electron chi connectivity index (χ1n) is 4.78. The summed E-state index contributed by atoms with van der Waals surface area (Å²) in [5.41, 5.74) is 0.733. The van der Waals surface area contributed by atoms with E-state index in [2.05, 4.69) is 5.32 Å². The second kappa shape index (κ2) is 3.05. The van der Waals surface area contributed by atoms with Crippen LogP contribution < -0.4 is 14.8 Å². The molecule has 1 fully saturated rings. The lowest BCUT2D eigenvalue weighted by atomic mass is 10.3. The highest BCUT2D eigenvalue weighted by Gasteiger charge is 2.24. The largest absolute Gasteiger partial charge is 0.454 e. The molecule has 0 aliphatic carbocycles. The van der Waals surface area contributed by atoms with Crippen LogP contribution in [0, 0.1) is 0 Å². The maximum atomic E-state index is 11.4. The SMILES string of the molecule is O=C(Nc1ccc2c(c1)OCO2)N1CC1. The van der Waals surface area contributed by atoms with Gasteiger partial charge in [0.05, 0.1) is 0 Å². The van der Waals surface area contributed by atoms with Crippen molar-refractivity contribution in [3.8, 4) is 11.5 Å². The van der Waals surface area contributed by atoms with E-state index in [4.69, 9.17) is 9.47 Å². The molecule has 0 aromatic heterocycles. The minimum absolute atomic E-state index is 0.0612. The van der Waals surface area contributed by atoms with Crippen LogP contribution in [0.1, 0.15) is 0 Å². The van der Waals surface area contributed by atoms with E-state index in [1.807, 2.05) is 0 Å². The number of urea groups is 1. The molecule has 0 spiro atoms. The molecule has 2 amide bonds. The second-order valence-electron chi connectivity index (χ2n) is 3.49. The molecule has 78 valence electrons. The number of hydrogen-bond acceptors (Lipinski definition) is 3. The predicted octanol–water partition coefficient (Wildman–Crippen LogP) is 1.26. The summed E-state index contributed by atoms with van der Waals surface area (Å²) in [5.74, 6) is 1.40. The molecular formula is C10H10N2O3. The number of ether oxygens (including phenoxy) is 2. The quantitative estimate of drug-likeness (QED) is 0.704. The predicted molar refractivity (Wildman–Crippen MR) is 53.2 cm³/mol. The van der Waals surface area contributed by atoms with Gasteiger partial charge in [-0.05, 0) is 12.1 Å². The summed E-state index contributed by atoms with van der Waals surface area (Å²) < 4.78 is 10.4. The summed E-state index contributed by atoms with van der Waals surface area (Å²) in [7, 11) is 0. The summed E-state index contributed by atoms with van der Waals surface area (Å²) in [6.45, 7) is 1.94. The molecular weight excluding hydrogens is 196 g/mol. The standard InChI is InChI=1S/C10H10N2O3/c13-10(12-3-4-12)11-7-1-2-8-9(5-7)15-6-14-8/h1-2,5H,3-4,6H2,(H,11,13). The van der Waals surface area contributed by atoms with Gasteiger partial charge in [0.1, 0.15) is 0 Å². The Kier molecular flexibility index (Phi) is 1.71. The fraction of sp³-hybridized carbons (Fsp3) is 0.300. The van der Waals surface area contributed by atoms with E-state index in [0.717, 1.165) is 24.5 Å². The first kappa shape index (κ1) is 8.40. The first-order valence-corrected chi connectivity index (χ1v) is 4.78. The third kappa shape index (κ3) is 1.56. The number of amides is 2. The molecule has 0 atom stereocenters. The molecule has 0 unspecified atom stereocenters. The number of hydrogen-bond donors (Lipinski definition) is 1. The Hall–Kier alpha value is -1.91. The first-order chi connectivity index (χ1) is 7.33. The fourth-order valence-electron chi connectivity index (χ4n) is 1.43. The van der Waals surface area contributed by atoms with E-state index in [-0.39, 0.29) is 12.8 Å². The molecule has 3 rings (SSSR count). The van der Waals surface area contributed by atoms with Gasteiger partial charge in [0, 0.05) is 24.8 Å². The second-order valence-corrected chi connectivity index (χ2v) is 3.49. The number of benzene rings is 1. The van der Waals surface area contributed by atoms with Gasteiger partial charge in [-0.2, -0.15) is 0 Å². The molecule has 2 aliphatic rings. The van der Waals surface area contributed by atoms with Crippen molar-refractivity contribution in [3.63, 3.8) is 0 Å². The maximum Gasteiger partial charge on any atom is 0.321 e. The van der Waals surface area contributed by atoms with Crippen molar-refractivity contribution >= 4 is 11.7 Å². The van der Waals surface area contributed by atoms with E-state index in [0.29, 0.717) is 5.75 Å². The number of nitrogens with zero attached hydrogens (tertiary/aromatic N) is 1. The molecule has 15 heavy (non-hydrogen) atoms. The molecule has 0 bridgehead atoms. The number of nitrogens with one attached hydrogen (secondary N) is 1. The van der Waals surface area contributed by atoms with Gasteiger partial charge in [-0.1, -0.05) is 0 Å². The molecule has 1 N–H and O–H groups in total. The molecule has 1 aromatic carbocycles. The lowest BCUT2D eigenvalue weighted by molar-refractivity contribution is 0.174. The van der Waals surface area contributed by atoms with Crippen molar-refractivity contribution in [2.45, 2.75) is 0 Å². The molecule has 1 saturated heterocycles. The smallest absolute Gasteiger partial charge is 0.321 e. The summed E-state index contributed by atoms with van der Waals surface area (Å²) >= 11 is 0. The van der Waals surface area contributed by atoms with Crippen LogP contribution in [0.2, 0.25) is 0 Å². The number of rotatable bonds is 1. The number of anilines is 1. The van der Waals surface area contributed by atoms with Crippen LogP contribution in [0.25, 0.3) is 0 Å². The zero-order valence-corrected chi connectivity index (χ0v) is 8.03. The van der Waals surface area contributed by atoms with Crippen molar-refractivity contribution in [1.82, 2.24) is 4.90 Å². The highest BCUT2D eigenvalue weighted by Crippen LogP contribution is 2.34. The van der Waals surface area contributed by atoms with Crippen LogP contribution in [0.3, 0.4) is 0 Å². The summed E-state index contributed by atoms with van der Waals surface area (Å²) in [6.07, 6.45) is 0. The topological polar surface area (TPSA) is 50.6 Å². The molecule has 2 aliphatic heterocycles. The Bertz CT molecular complexity index is 415. The molecule has 5 heteroatoms. The van der Waals surface area contributed by atoms with Crippen molar-refractivity contribution < 1.29 is 14.3 Å². The lowest BCUT2D eigenvalue weighted by Gasteiger charge is -2.05. The van der Waals surface area contributed by atoms with Gasteiger partial charge in [-0.3, -0.25) is 0 Å². The molecule has 0 radical (unpaired) electrons. The van der Waals surface area contributed by atoms with E-state index in [1.54, 1.807) is 23.1 Å². The van der Waals surface area contributed by atoms with Gasteiger partial charge in [-0.25, -0.2) is 4.79 Å². The summed E-state index contributed by atoms with van der Waals surface area (Å²) in [4.78, 5) is 13.1. The number of carbonyl (C=O) groups excluding carboxylic acids is 1. The van der Waals surface area contributed by atoms with Crippen molar-refractivity contribution in [2.24, 2.45) is 0 Å². The minimum atomic E-state index is -0.0612. The Morgan fingerprint density at radius 3 is 2.87 bits per heavy atom. The van der Waals surface area contributed by atoms with Gasteiger partial charge in [0.2, 0.25) is 6.79 Å². The maximum absolute atomic E-state index is 11.4. The molecule has 0 saturated carbocycles. The van der Waals surface area contributed by atoms with Gasteiger partial charge >= 0.3 is 6.03 Å². The minimum Gasteiger partial charge on any atom is -0.454 e. The van der Waals surface area contributed by atoms with Gasteiger partial charge in [0.25, 0.3) is 0 Å². The van der Waals surface area contributed by atoms with E-state index in [1.165, 1.54) is 0 Å². The van der Waals surface area contributed by atoms with E-state index < -0.39 is 0 Å². The number of fused-ring (bicyclic) bond motifs is 1. The highest BCUT2D eigenvalue weighted by atomic mass is 16.7.